The molecule has 0 aromatic rings. The molecule has 0 amide bonds. The summed E-state index contributed by atoms with van der Waals surface area (Å²) in [4.78, 5) is 2.46. The molecular weight excluding hydrogens is 208 g/mol. The predicted octanol–water partition coefficient (Wildman–Crippen LogP) is 2.74. The third kappa shape index (κ3) is 3.69. The second-order valence-electron chi connectivity index (χ2n) is 6.57. The summed E-state index contributed by atoms with van der Waals surface area (Å²) >= 11 is 0. The van der Waals surface area contributed by atoms with Gasteiger partial charge in [0.05, 0.1) is 0 Å². The van der Waals surface area contributed by atoms with Gasteiger partial charge in [-0.1, -0.05) is 20.3 Å². The molecule has 1 aliphatic carbocycles. The lowest BCUT2D eigenvalue weighted by Crippen LogP contribution is -2.46. The molecule has 0 aromatic carbocycles. The van der Waals surface area contributed by atoms with Crippen molar-refractivity contribution >= 4 is 0 Å². The van der Waals surface area contributed by atoms with Crippen LogP contribution < -0.4 is 5.32 Å². The van der Waals surface area contributed by atoms with Gasteiger partial charge < -0.3 is 10.2 Å². The van der Waals surface area contributed by atoms with Crippen molar-refractivity contribution in [2.75, 3.05) is 26.7 Å². The summed E-state index contributed by atoms with van der Waals surface area (Å²) in [6, 6.07) is 0.781. The molecule has 0 radical (unpaired) electrons. The molecule has 0 spiro atoms. The van der Waals surface area contributed by atoms with E-state index >= 15 is 0 Å². The highest BCUT2D eigenvalue weighted by Crippen LogP contribution is 2.29. The van der Waals surface area contributed by atoms with Gasteiger partial charge in [0.15, 0.2) is 0 Å². The van der Waals surface area contributed by atoms with Gasteiger partial charge in [-0.15, -0.1) is 0 Å². The number of rotatable bonds is 3. The van der Waals surface area contributed by atoms with Gasteiger partial charge in [-0.3, -0.25) is 0 Å². The molecule has 1 aliphatic heterocycles. The molecule has 2 unspecified atom stereocenters. The summed E-state index contributed by atoms with van der Waals surface area (Å²) in [5.74, 6) is 2.68. The van der Waals surface area contributed by atoms with Crippen LogP contribution in [0.5, 0.6) is 0 Å². The van der Waals surface area contributed by atoms with E-state index in [1.165, 1.54) is 51.7 Å². The Hall–Kier alpha value is -0.0800. The molecule has 17 heavy (non-hydrogen) atoms. The normalized spacial score (nSPS) is 37.2. The molecule has 1 heterocycles. The SMILES string of the molecule is CC1CCCC(C)C1NCC1CCN(C)CC1. The summed E-state index contributed by atoms with van der Waals surface area (Å²) in [7, 11) is 2.24. The van der Waals surface area contributed by atoms with Crippen molar-refractivity contribution in [3.05, 3.63) is 0 Å². The lowest BCUT2D eigenvalue weighted by Gasteiger charge is -2.37. The molecule has 2 atom stereocenters. The lowest BCUT2D eigenvalue weighted by molar-refractivity contribution is 0.175. The zero-order valence-corrected chi connectivity index (χ0v) is 11.9. The van der Waals surface area contributed by atoms with Gasteiger partial charge in [0.2, 0.25) is 0 Å². The minimum absolute atomic E-state index is 0.781. The number of hydrogen-bond acceptors (Lipinski definition) is 2. The van der Waals surface area contributed by atoms with Crippen molar-refractivity contribution in [1.29, 1.82) is 0 Å². The van der Waals surface area contributed by atoms with Crippen LogP contribution in [-0.2, 0) is 0 Å². The van der Waals surface area contributed by atoms with E-state index in [4.69, 9.17) is 0 Å². The number of nitrogens with one attached hydrogen (secondary N) is 1. The first-order chi connectivity index (χ1) is 8.16. The van der Waals surface area contributed by atoms with E-state index in [0.717, 1.165) is 23.8 Å². The van der Waals surface area contributed by atoms with Crippen molar-refractivity contribution in [3.8, 4) is 0 Å². The third-order valence-corrected chi connectivity index (χ3v) is 5.03. The Morgan fingerprint density at radius 3 is 2.18 bits per heavy atom. The van der Waals surface area contributed by atoms with E-state index in [-0.39, 0.29) is 0 Å². The van der Waals surface area contributed by atoms with Crippen molar-refractivity contribution < 1.29 is 0 Å². The molecule has 1 saturated carbocycles. The zero-order valence-electron chi connectivity index (χ0n) is 11.9. The van der Waals surface area contributed by atoms with Gasteiger partial charge in [-0.25, -0.2) is 0 Å². The second kappa shape index (κ2) is 6.19. The molecule has 2 rings (SSSR count). The molecule has 2 fully saturated rings. The van der Waals surface area contributed by atoms with E-state index in [1.807, 2.05) is 0 Å². The average molecular weight is 238 g/mol. The molecule has 1 N–H and O–H groups in total. The average Bonchev–Trinajstić information content (AvgIpc) is 2.31. The molecule has 0 aromatic heterocycles. The lowest BCUT2D eigenvalue weighted by atomic mass is 9.78. The fourth-order valence-electron chi connectivity index (χ4n) is 3.65. The highest BCUT2D eigenvalue weighted by atomic mass is 15.1. The first-order valence-electron chi connectivity index (χ1n) is 7.58. The van der Waals surface area contributed by atoms with Crippen LogP contribution >= 0.6 is 0 Å². The van der Waals surface area contributed by atoms with E-state index in [2.05, 4.69) is 31.1 Å². The monoisotopic (exact) mass is 238 g/mol. The van der Waals surface area contributed by atoms with Crippen molar-refractivity contribution in [2.24, 2.45) is 17.8 Å². The molecule has 2 aliphatic rings. The molecular formula is C15H30N2. The van der Waals surface area contributed by atoms with Crippen molar-refractivity contribution in [1.82, 2.24) is 10.2 Å². The maximum atomic E-state index is 3.89. The molecule has 2 nitrogen and oxygen atoms in total. The van der Waals surface area contributed by atoms with Crippen LogP contribution in [0.4, 0.5) is 0 Å². The second-order valence-corrected chi connectivity index (χ2v) is 6.57. The molecule has 2 heteroatoms. The Balaban J connectivity index is 1.73. The van der Waals surface area contributed by atoms with Crippen LogP contribution in [0.2, 0.25) is 0 Å². The third-order valence-electron chi connectivity index (χ3n) is 5.03. The summed E-state index contributed by atoms with van der Waals surface area (Å²) in [6.07, 6.45) is 7.07. The van der Waals surface area contributed by atoms with Gasteiger partial charge in [-0.05, 0) is 70.1 Å². The van der Waals surface area contributed by atoms with Gasteiger partial charge in [-0.2, -0.15) is 0 Å². The van der Waals surface area contributed by atoms with Crippen LogP contribution in [0.3, 0.4) is 0 Å². The Morgan fingerprint density at radius 2 is 1.59 bits per heavy atom. The summed E-state index contributed by atoms with van der Waals surface area (Å²) < 4.78 is 0. The van der Waals surface area contributed by atoms with E-state index in [1.54, 1.807) is 0 Å². The fourth-order valence-corrected chi connectivity index (χ4v) is 3.65. The van der Waals surface area contributed by atoms with E-state index in [0.29, 0.717) is 0 Å². The summed E-state index contributed by atoms with van der Waals surface area (Å²) in [5.41, 5.74) is 0. The highest BCUT2D eigenvalue weighted by Gasteiger charge is 2.28. The van der Waals surface area contributed by atoms with Gasteiger partial charge in [0, 0.05) is 6.04 Å². The van der Waals surface area contributed by atoms with Crippen LogP contribution in [0, 0.1) is 17.8 Å². The van der Waals surface area contributed by atoms with Crippen LogP contribution in [-0.4, -0.2) is 37.6 Å². The van der Waals surface area contributed by atoms with Gasteiger partial charge in [0.1, 0.15) is 0 Å². The standard InChI is InChI=1S/C15H30N2/c1-12-5-4-6-13(2)15(12)16-11-14-7-9-17(3)10-8-14/h12-16H,4-11H2,1-3H3. The largest absolute Gasteiger partial charge is 0.313 e. The summed E-state index contributed by atoms with van der Waals surface area (Å²) in [5, 5.41) is 3.89. The Morgan fingerprint density at radius 1 is 1.00 bits per heavy atom. The first kappa shape index (κ1) is 13.4. The van der Waals surface area contributed by atoms with Crippen LogP contribution in [0.1, 0.15) is 46.0 Å². The van der Waals surface area contributed by atoms with Crippen LogP contribution in [0.15, 0.2) is 0 Å². The summed E-state index contributed by atoms with van der Waals surface area (Å²) in [6.45, 7) is 8.71. The number of hydrogen-bond donors (Lipinski definition) is 1. The number of nitrogens with zero attached hydrogens (tertiary/aromatic N) is 1. The van der Waals surface area contributed by atoms with Crippen LogP contribution in [0.25, 0.3) is 0 Å². The number of likely N-dealkylation sites (tertiary alicyclic amines) is 1. The molecule has 0 bridgehead atoms. The fraction of sp³-hybridized carbons (Fsp3) is 1.00. The molecule has 1 saturated heterocycles. The van der Waals surface area contributed by atoms with E-state index in [9.17, 15) is 0 Å². The smallest absolute Gasteiger partial charge is 0.0118 e. The maximum absolute atomic E-state index is 3.89. The predicted molar refractivity (Wildman–Crippen MR) is 74.2 cm³/mol. The first-order valence-corrected chi connectivity index (χ1v) is 7.58. The zero-order chi connectivity index (χ0) is 12.3. The Kier molecular flexibility index (Phi) is 4.87. The van der Waals surface area contributed by atoms with Gasteiger partial charge >= 0.3 is 0 Å². The quantitative estimate of drug-likeness (QED) is 0.813. The van der Waals surface area contributed by atoms with Gasteiger partial charge in [0.25, 0.3) is 0 Å². The van der Waals surface area contributed by atoms with Crippen molar-refractivity contribution in [3.63, 3.8) is 0 Å². The highest BCUT2D eigenvalue weighted by molar-refractivity contribution is 4.84. The van der Waals surface area contributed by atoms with E-state index < -0.39 is 0 Å². The number of piperidine rings is 1. The minimum Gasteiger partial charge on any atom is -0.313 e. The Bertz CT molecular complexity index is 211. The molecule has 100 valence electrons. The topological polar surface area (TPSA) is 15.3 Å². The van der Waals surface area contributed by atoms with Crippen molar-refractivity contribution in [2.45, 2.75) is 52.0 Å². The Labute approximate surface area is 107 Å². The minimum atomic E-state index is 0.781. The maximum Gasteiger partial charge on any atom is 0.0118 e.